The maximum atomic E-state index is 10.2. The van der Waals surface area contributed by atoms with E-state index in [0.29, 0.717) is 6.61 Å². The van der Waals surface area contributed by atoms with Crippen LogP contribution in [-0.4, -0.2) is 23.7 Å². The van der Waals surface area contributed by atoms with Crippen molar-refractivity contribution in [1.29, 1.82) is 0 Å². The van der Waals surface area contributed by atoms with Crippen LogP contribution in [0.4, 0.5) is 0 Å². The normalized spacial score (nSPS) is 25.8. The zero-order valence-electron chi connectivity index (χ0n) is 14.5. The maximum Gasteiger partial charge on any atom is 0.103 e. The van der Waals surface area contributed by atoms with Gasteiger partial charge in [0, 0.05) is 10.7 Å². The third-order valence-electron chi connectivity index (χ3n) is 5.09. The van der Waals surface area contributed by atoms with Crippen molar-refractivity contribution in [3.63, 3.8) is 0 Å². The molecule has 3 heteroatoms. The van der Waals surface area contributed by atoms with Crippen molar-refractivity contribution in [2.24, 2.45) is 5.41 Å². The molecule has 0 spiro atoms. The van der Waals surface area contributed by atoms with Crippen molar-refractivity contribution in [3.05, 3.63) is 83.9 Å². The predicted octanol–water partition coefficient (Wildman–Crippen LogP) is 4.86. The largest absolute Gasteiger partial charge is 0.396 e. The van der Waals surface area contributed by atoms with Gasteiger partial charge in [0.1, 0.15) is 5.60 Å². The quantitative estimate of drug-likeness (QED) is 0.530. The van der Waals surface area contributed by atoms with Gasteiger partial charge in [0.05, 0.1) is 13.2 Å². The van der Waals surface area contributed by atoms with Crippen molar-refractivity contribution in [2.45, 2.75) is 24.9 Å². The lowest BCUT2D eigenvalue weighted by molar-refractivity contribution is 0.0142. The van der Waals surface area contributed by atoms with E-state index in [1.807, 2.05) is 36.4 Å². The van der Waals surface area contributed by atoms with Crippen LogP contribution < -0.4 is 0 Å². The predicted molar refractivity (Wildman–Crippen MR) is 106 cm³/mol. The molecule has 1 saturated heterocycles. The van der Waals surface area contributed by atoms with E-state index in [1.54, 1.807) is 0 Å². The zero-order chi connectivity index (χ0) is 17.8. The van der Waals surface area contributed by atoms with Crippen molar-refractivity contribution in [2.75, 3.05) is 18.5 Å². The van der Waals surface area contributed by atoms with Gasteiger partial charge in [-0.05, 0) is 30.4 Å². The summed E-state index contributed by atoms with van der Waals surface area (Å²) in [6.45, 7) is 4.94. The second-order valence-corrected chi connectivity index (χ2v) is 7.77. The van der Waals surface area contributed by atoms with E-state index in [4.69, 9.17) is 4.74 Å². The molecule has 2 atom stereocenters. The highest BCUT2D eigenvalue weighted by molar-refractivity contribution is 9.09. The average Bonchev–Trinajstić information content (AvgIpc) is 3.04. The molecule has 0 aliphatic carbocycles. The Kier molecular flexibility index (Phi) is 5.78. The Morgan fingerprint density at radius 2 is 1.72 bits per heavy atom. The summed E-state index contributed by atoms with van der Waals surface area (Å²) in [4.78, 5) is 0. The van der Waals surface area contributed by atoms with Gasteiger partial charge in [0.15, 0.2) is 0 Å². The molecule has 1 fully saturated rings. The second kappa shape index (κ2) is 7.86. The van der Waals surface area contributed by atoms with Crippen LogP contribution in [0.3, 0.4) is 0 Å². The number of hydrogen-bond acceptors (Lipinski definition) is 2. The minimum absolute atomic E-state index is 0.113. The van der Waals surface area contributed by atoms with Gasteiger partial charge in [0.2, 0.25) is 0 Å². The van der Waals surface area contributed by atoms with Gasteiger partial charge in [-0.15, -0.1) is 0 Å². The molecule has 1 N–H and O–H groups in total. The van der Waals surface area contributed by atoms with E-state index >= 15 is 0 Å². The van der Waals surface area contributed by atoms with Gasteiger partial charge in [0.25, 0.3) is 0 Å². The number of benzene rings is 2. The summed E-state index contributed by atoms with van der Waals surface area (Å²) in [6.07, 6.45) is 2.41. The molecule has 0 radical (unpaired) electrons. The molecule has 0 bridgehead atoms. The van der Waals surface area contributed by atoms with Gasteiger partial charge in [-0.2, -0.15) is 0 Å². The smallest absolute Gasteiger partial charge is 0.103 e. The van der Waals surface area contributed by atoms with E-state index in [2.05, 4.69) is 46.8 Å². The summed E-state index contributed by atoms with van der Waals surface area (Å²) in [6, 6.07) is 20.7. The SMILES string of the molecule is C=C(Cc1ccccc1)C[C@@]1(CO)CO[C@@](CBr)(c2ccccc2)C1. The minimum Gasteiger partial charge on any atom is -0.396 e. The van der Waals surface area contributed by atoms with Crippen LogP contribution in [0, 0.1) is 5.41 Å². The number of alkyl halides is 1. The number of allylic oxidation sites excluding steroid dienone is 1. The summed E-state index contributed by atoms with van der Waals surface area (Å²) in [5.41, 5.74) is 2.92. The highest BCUT2D eigenvalue weighted by atomic mass is 79.9. The fourth-order valence-electron chi connectivity index (χ4n) is 3.84. The van der Waals surface area contributed by atoms with Crippen molar-refractivity contribution in [3.8, 4) is 0 Å². The summed E-state index contributed by atoms with van der Waals surface area (Å²) >= 11 is 3.64. The van der Waals surface area contributed by atoms with Crippen LogP contribution in [-0.2, 0) is 16.8 Å². The molecule has 1 aliphatic rings. The number of aliphatic hydroxyl groups excluding tert-OH is 1. The maximum absolute atomic E-state index is 10.2. The summed E-state index contributed by atoms with van der Waals surface area (Å²) in [5.74, 6) is 0. The summed E-state index contributed by atoms with van der Waals surface area (Å²) in [7, 11) is 0. The lowest BCUT2D eigenvalue weighted by Gasteiger charge is -2.30. The number of rotatable bonds is 7. The molecule has 0 aromatic heterocycles. The lowest BCUT2D eigenvalue weighted by Crippen LogP contribution is -2.31. The molecular weight excluding hydrogens is 376 g/mol. The van der Waals surface area contributed by atoms with Gasteiger partial charge in [-0.1, -0.05) is 88.7 Å². The van der Waals surface area contributed by atoms with Crippen LogP contribution >= 0.6 is 15.9 Å². The number of halogens is 1. The molecule has 2 aromatic carbocycles. The Morgan fingerprint density at radius 3 is 2.32 bits per heavy atom. The first kappa shape index (κ1) is 18.4. The van der Waals surface area contributed by atoms with Crippen LogP contribution in [0.15, 0.2) is 72.8 Å². The molecule has 1 aliphatic heterocycles. The van der Waals surface area contributed by atoms with E-state index in [-0.39, 0.29) is 17.6 Å². The van der Waals surface area contributed by atoms with E-state index in [9.17, 15) is 5.11 Å². The first-order valence-corrected chi connectivity index (χ1v) is 9.80. The first-order chi connectivity index (χ1) is 12.1. The third-order valence-corrected chi connectivity index (χ3v) is 5.99. The van der Waals surface area contributed by atoms with E-state index in [0.717, 1.165) is 35.7 Å². The molecule has 0 amide bonds. The van der Waals surface area contributed by atoms with Crippen LogP contribution in [0.1, 0.15) is 24.0 Å². The fraction of sp³-hybridized carbons (Fsp3) is 0.364. The molecule has 132 valence electrons. The molecule has 1 heterocycles. The van der Waals surface area contributed by atoms with Gasteiger partial charge < -0.3 is 9.84 Å². The average molecular weight is 401 g/mol. The Balaban J connectivity index is 1.74. The number of hydrogen-bond donors (Lipinski definition) is 1. The van der Waals surface area contributed by atoms with Crippen LogP contribution in [0.25, 0.3) is 0 Å². The molecule has 3 rings (SSSR count). The third kappa shape index (κ3) is 4.05. The highest BCUT2D eigenvalue weighted by Gasteiger charge is 2.49. The topological polar surface area (TPSA) is 29.5 Å². The van der Waals surface area contributed by atoms with Crippen molar-refractivity contribution >= 4 is 15.9 Å². The van der Waals surface area contributed by atoms with E-state index < -0.39 is 0 Å². The summed E-state index contributed by atoms with van der Waals surface area (Å²) < 4.78 is 6.29. The standard InChI is InChI=1S/C22H25BrO2/c1-18(12-19-8-4-2-5-9-19)13-21(16-24)14-22(15-23,25-17-21)20-10-6-3-7-11-20/h2-11,24H,1,12-17H2/t21-,22+/m1/s1. The minimum atomic E-state index is -0.378. The highest BCUT2D eigenvalue weighted by Crippen LogP contribution is 2.49. The molecule has 2 aromatic rings. The Morgan fingerprint density at radius 1 is 1.08 bits per heavy atom. The van der Waals surface area contributed by atoms with Crippen molar-refractivity contribution in [1.82, 2.24) is 0 Å². The van der Waals surface area contributed by atoms with Crippen LogP contribution in [0.5, 0.6) is 0 Å². The zero-order valence-corrected chi connectivity index (χ0v) is 16.0. The lowest BCUT2D eigenvalue weighted by atomic mass is 9.75. The Hall–Kier alpha value is -1.42. The van der Waals surface area contributed by atoms with Crippen molar-refractivity contribution < 1.29 is 9.84 Å². The molecular formula is C22H25BrO2. The first-order valence-electron chi connectivity index (χ1n) is 8.68. The van der Waals surface area contributed by atoms with E-state index in [1.165, 1.54) is 5.56 Å². The van der Waals surface area contributed by atoms with Gasteiger partial charge in [-0.25, -0.2) is 0 Å². The Bertz CT molecular complexity index is 700. The monoisotopic (exact) mass is 400 g/mol. The van der Waals surface area contributed by atoms with Crippen LogP contribution in [0.2, 0.25) is 0 Å². The van der Waals surface area contributed by atoms with Gasteiger partial charge >= 0.3 is 0 Å². The molecule has 0 unspecified atom stereocenters. The Labute approximate surface area is 158 Å². The second-order valence-electron chi connectivity index (χ2n) is 7.21. The summed E-state index contributed by atoms with van der Waals surface area (Å²) in [5, 5.41) is 10.9. The fourth-order valence-corrected chi connectivity index (χ4v) is 4.52. The number of aliphatic hydroxyl groups is 1. The van der Waals surface area contributed by atoms with Gasteiger partial charge in [-0.3, -0.25) is 0 Å². The number of ether oxygens (including phenoxy) is 1. The molecule has 0 saturated carbocycles. The molecule has 2 nitrogen and oxygen atoms in total. The molecule has 25 heavy (non-hydrogen) atoms.